The molecule has 0 bridgehead atoms. The van der Waals surface area contributed by atoms with Crippen LogP contribution in [-0.2, 0) is 0 Å². The molecule has 16 heavy (non-hydrogen) atoms. The Kier molecular flexibility index (Phi) is 4.81. The lowest BCUT2D eigenvalue weighted by Crippen LogP contribution is -2.36. The van der Waals surface area contributed by atoms with Crippen LogP contribution in [0.2, 0.25) is 5.02 Å². The number of hydrogen-bond acceptors (Lipinski definition) is 1. The molecule has 1 rings (SSSR count). The second-order valence-corrected chi connectivity index (χ2v) is 5.45. The van der Waals surface area contributed by atoms with Gasteiger partial charge in [0.2, 0.25) is 0 Å². The van der Waals surface area contributed by atoms with Gasteiger partial charge in [-0.25, -0.2) is 0 Å². The minimum atomic E-state index is -0.132. The monoisotopic (exact) mass is 303 g/mol. The van der Waals surface area contributed by atoms with Crippen LogP contribution in [0.1, 0.15) is 31.1 Å². The topological polar surface area (TPSA) is 29.1 Å². The Hall–Kier alpha value is -0.540. The molecule has 0 radical (unpaired) electrons. The van der Waals surface area contributed by atoms with E-state index in [4.69, 9.17) is 11.6 Å². The van der Waals surface area contributed by atoms with Crippen LogP contribution >= 0.6 is 27.5 Å². The molecule has 0 aliphatic carbocycles. The van der Waals surface area contributed by atoms with Gasteiger partial charge in [0, 0.05) is 10.5 Å². The van der Waals surface area contributed by atoms with Crippen molar-refractivity contribution in [2.24, 2.45) is 5.92 Å². The number of hydrogen-bond donors (Lipinski definition) is 1. The van der Waals surface area contributed by atoms with Gasteiger partial charge >= 0.3 is 0 Å². The predicted octanol–water partition coefficient (Wildman–Crippen LogP) is 3.88. The van der Waals surface area contributed by atoms with Gasteiger partial charge in [-0.3, -0.25) is 4.79 Å². The Morgan fingerprint density at radius 3 is 2.56 bits per heavy atom. The maximum absolute atomic E-state index is 11.9. The van der Waals surface area contributed by atoms with Gasteiger partial charge in [0.05, 0.1) is 10.6 Å². The van der Waals surface area contributed by atoms with E-state index in [9.17, 15) is 4.79 Å². The lowest BCUT2D eigenvalue weighted by molar-refractivity contribution is 0.0930. The number of nitrogens with one attached hydrogen (secondary N) is 1. The molecule has 0 heterocycles. The van der Waals surface area contributed by atoms with Gasteiger partial charge in [-0.05, 0) is 31.0 Å². The summed E-state index contributed by atoms with van der Waals surface area (Å²) in [7, 11) is 0. The molecule has 0 spiro atoms. The van der Waals surface area contributed by atoms with Crippen molar-refractivity contribution in [3.05, 3.63) is 33.3 Å². The maximum Gasteiger partial charge on any atom is 0.253 e. The third kappa shape index (κ3) is 3.49. The average Bonchev–Trinajstić information content (AvgIpc) is 2.21. The fraction of sp³-hybridized carbons (Fsp3) is 0.417. The molecule has 1 atom stereocenters. The zero-order chi connectivity index (χ0) is 12.3. The summed E-state index contributed by atoms with van der Waals surface area (Å²) in [6, 6.07) is 5.37. The number of benzene rings is 1. The van der Waals surface area contributed by atoms with Crippen molar-refractivity contribution in [2.75, 3.05) is 0 Å². The first-order chi connectivity index (χ1) is 7.41. The second kappa shape index (κ2) is 5.69. The lowest BCUT2D eigenvalue weighted by Gasteiger charge is -2.17. The third-order valence-corrected chi connectivity index (χ3v) is 3.35. The molecule has 2 nitrogen and oxygen atoms in total. The van der Waals surface area contributed by atoms with Crippen molar-refractivity contribution in [1.29, 1.82) is 0 Å². The van der Waals surface area contributed by atoms with Gasteiger partial charge < -0.3 is 5.32 Å². The number of carbonyl (C=O) groups is 1. The Morgan fingerprint density at radius 2 is 2.00 bits per heavy atom. The van der Waals surface area contributed by atoms with E-state index in [-0.39, 0.29) is 11.9 Å². The van der Waals surface area contributed by atoms with Gasteiger partial charge in [-0.2, -0.15) is 0 Å². The summed E-state index contributed by atoms with van der Waals surface area (Å²) in [5, 5.41) is 3.39. The molecular weight excluding hydrogens is 289 g/mol. The van der Waals surface area contributed by atoms with Crippen molar-refractivity contribution in [2.45, 2.75) is 26.8 Å². The zero-order valence-electron chi connectivity index (χ0n) is 9.55. The van der Waals surface area contributed by atoms with E-state index in [1.807, 2.05) is 13.0 Å². The average molecular weight is 305 g/mol. The molecule has 0 aliphatic heterocycles. The highest BCUT2D eigenvalue weighted by Gasteiger charge is 2.15. The summed E-state index contributed by atoms with van der Waals surface area (Å²) in [4.78, 5) is 11.9. The summed E-state index contributed by atoms with van der Waals surface area (Å²) in [5.74, 6) is 0.266. The fourth-order valence-electron chi connectivity index (χ4n) is 1.12. The normalized spacial score (nSPS) is 12.6. The zero-order valence-corrected chi connectivity index (χ0v) is 11.9. The van der Waals surface area contributed by atoms with Crippen LogP contribution in [0.15, 0.2) is 22.7 Å². The number of carbonyl (C=O) groups excluding carboxylic acids is 1. The van der Waals surface area contributed by atoms with Crippen LogP contribution in [0.3, 0.4) is 0 Å². The quantitative estimate of drug-likeness (QED) is 0.902. The number of rotatable bonds is 3. The van der Waals surface area contributed by atoms with Crippen molar-refractivity contribution in [3.8, 4) is 0 Å². The van der Waals surface area contributed by atoms with Crippen LogP contribution in [0, 0.1) is 5.92 Å². The van der Waals surface area contributed by atoms with Crippen LogP contribution in [0.25, 0.3) is 0 Å². The molecule has 0 aromatic heterocycles. The van der Waals surface area contributed by atoms with E-state index in [1.165, 1.54) is 0 Å². The van der Waals surface area contributed by atoms with Crippen LogP contribution in [0.5, 0.6) is 0 Å². The van der Waals surface area contributed by atoms with Gasteiger partial charge in [-0.1, -0.05) is 41.4 Å². The minimum Gasteiger partial charge on any atom is -0.349 e. The largest absolute Gasteiger partial charge is 0.349 e. The van der Waals surface area contributed by atoms with Gasteiger partial charge in [0.1, 0.15) is 0 Å². The molecule has 1 aromatic rings. The van der Waals surface area contributed by atoms with E-state index in [1.54, 1.807) is 12.1 Å². The van der Waals surface area contributed by atoms with Gasteiger partial charge in [0.25, 0.3) is 5.91 Å². The molecule has 1 amide bonds. The van der Waals surface area contributed by atoms with E-state index >= 15 is 0 Å². The summed E-state index contributed by atoms with van der Waals surface area (Å²) < 4.78 is 0.847. The van der Waals surface area contributed by atoms with E-state index < -0.39 is 0 Å². The van der Waals surface area contributed by atoms with E-state index in [0.29, 0.717) is 16.5 Å². The fourth-order valence-corrected chi connectivity index (χ4v) is 1.69. The predicted molar refractivity (Wildman–Crippen MR) is 70.9 cm³/mol. The smallest absolute Gasteiger partial charge is 0.253 e. The summed E-state index contributed by atoms with van der Waals surface area (Å²) in [5.41, 5.74) is 0.503. The molecule has 88 valence electrons. The van der Waals surface area contributed by atoms with Crippen molar-refractivity contribution in [3.63, 3.8) is 0 Å². The number of halogens is 2. The highest BCUT2D eigenvalue weighted by atomic mass is 79.9. The van der Waals surface area contributed by atoms with Crippen molar-refractivity contribution < 1.29 is 4.79 Å². The first-order valence-electron chi connectivity index (χ1n) is 5.17. The van der Waals surface area contributed by atoms with E-state index in [0.717, 1.165) is 4.47 Å². The van der Waals surface area contributed by atoms with Gasteiger partial charge in [0.15, 0.2) is 0 Å². The first kappa shape index (κ1) is 13.5. The minimum absolute atomic E-state index is 0.127. The summed E-state index contributed by atoms with van der Waals surface area (Å²) in [6.07, 6.45) is 0. The van der Waals surface area contributed by atoms with E-state index in [2.05, 4.69) is 35.1 Å². The van der Waals surface area contributed by atoms with Gasteiger partial charge in [-0.15, -0.1) is 0 Å². The molecule has 0 saturated heterocycles. The standard InChI is InChI=1S/C12H15BrClNO/c1-7(2)8(3)15-12(16)10-6-9(13)4-5-11(10)14/h4-8H,1-3H3,(H,15,16). The third-order valence-electron chi connectivity index (χ3n) is 2.53. The molecule has 1 unspecified atom stereocenters. The molecule has 1 aromatic carbocycles. The lowest BCUT2D eigenvalue weighted by atomic mass is 10.1. The second-order valence-electron chi connectivity index (χ2n) is 4.13. The van der Waals surface area contributed by atoms with Crippen molar-refractivity contribution >= 4 is 33.4 Å². The van der Waals surface area contributed by atoms with Crippen LogP contribution in [0.4, 0.5) is 0 Å². The molecule has 1 N–H and O–H groups in total. The highest BCUT2D eigenvalue weighted by molar-refractivity contribution is 9.10. The van der Waals surface area contributed by atoms with Crippen molar-refractivity contribution in [1.82, 2.24) is 5.32 Å². The SMILES string of the molecule is CC(C)C(C)NC(=O)c1cc(Br)ccc1Cl. The molecule has 4 heteroatoms. The Balaban J connectivity index is 2.84. The molecule has 0 saturated carbocycles. The van der Waals surface area contributed by atoms with Crippen LogP contribution in [-0.4, -0.2) is 11.9 Å². The summed E-state index contributed by atoms with van der Waals surface area (Å²) >= 11 is 9.29. The maximum atomic E-state index is 11.9. The van der Waals surface area contributed by atoms with Crippen LogP contribution < -0.4 is 5.32 Å². The summed E-state index contributed by atoms with van der Waals surface area (Å²) in [6.45, 7) is 6.11. The Morgan fingerprint density at radius 1 is 1.38 bits per heavy atom. The number of amides is 1. The first-order valence-corrected chi connectivity index (χ1v) is 6.35. The Labute approximate surface area is 110 Å². The molecular formula is C12H15BrClNO. The molecule has 0 aliphatic rings. The Bertz CT molecular complexity index is 393. The highest BCUT2D eigenvalue weighted by Crippen LogP contribution is 2.21. The molecule has 0 fully saturated rings.